The van der Waals surface area contributed by atoms with E-state index in [9.17, 15) is 4.79 Å². The summed E-state index contributed by atoms with van der Waals surface area (Å²) in [5, 5.41) is 0.678. The molecule has 2 rings (SSSR count). The lowest BCUT2D eigenvalue weighted by molar-refractivity contribution is 0.101. The third-order valence-corrected chi connectivity index (χ3v) is 3.43. The molecule has 0 radical (unpaired) electrons. The Bertz CT molecular complexity index is 620. The Morgan fingerprint density at radius 3 is 2.37 bits per heavy atom. The highest BCUT2D eigenvalue weighted by Gasteiger charge is 2.08. The zero-order chi connectivity index (χ0) is 14.0. The van der Waals surface area contributed by atoms with Crippen LogP contribution in [0.3, 0.4) is 0 Å². The van der Waals surface area contributed by atoms with E-state index < -0.39 is 0 Å². The van der Waals surface area contributed by atoms with Gasteiger partial charge in [0.05, 0.1) is 0 Å². The number of nitrogens with zero attached hydrogens (tertiary/aromatic N) is 2. The van der Waals surface area contributed by atoms with Crippen LogP contribution in [0.2, 0.25) is 0 Å². The second kappa shape index (κ2) is 5.40. The lowest BCUT2D eigenvalue weighted by atomic mass is 10.1. The Kier molecular flexibility index (Phi) is 3.85. The zero-order valence-corrected chi connectivity index (χ0v) is 11.9. The van der Waals surface area contributed by atoms with E-state index in [0.29, 0.717) is 16.4 Å². The minimum Gasteiger partial charge on any atom is -0.398 e. The smallest absolute Gasteiger partial charge is 0.192 e. The van der Waals surface area contributed by atoms with E-state index in [1.54, 1.807) is 12.1 Å². The van der Waals surface area contributed by atoms with Gasteiger partial charge in [0.25, 0.3) is 0 Å². The maximum Gasteiger partial charge on any atom is 0.192 e. The summed E-state index contributed by atoms with van der Waals surface area (Å²) in [5.41, 5.74) is 8.66. The topological polar surface area (TPSA) is 68.9 Å². The number of benzene rings is 1. The molecule has 1 heterocycles. The average molecular weight is 273 g/mol. The average Bonchev–Trinajstić information content (AvgIpc) is 2.30. The molecule has 0 aliphatic heterocycles. The van der Waals surface area contributed by atoms with Crippen LogP contribution in [0.15, 0.2) is 34.3 Å². The van der Waals surface area contributed by atoms with Crippen molar-refractivity contribution in [2.45, 2.75) is 30.8 Å². The molecule has 98 valence electrons. The van der Waals surface area contributed by atoms with Gasteiger partial charge in [0.2, 0.25) is 0 Å². The van der Waals surface area contributed by atoms with Crippen molar-refractivity contribution in [3.8, 4) is 0 Å². The number of rotatable bonds is 3. The molecule has 0 bridgehead atoms. The van der Waals surface area contributed by atoms with Crippen LogP contribution in [0.4, 0.5) is 5.69 Å². The van der Waals surface area contributed by atoms with Gasteiger partial charge in [0.15, 0.2) is 10.9 Å². The number of aromatic nitrogens is 2. The van der Waals surface area contributed by atoms with Crippen LogP contribution in [0, 0.1) is 13.8 Å². The van der Waals surface area contributed by atoms with Gasteiger partial charge in [-0.3, -0.25) is 4.79 Å². The van der Waals surface area contributed by atoms with E-state index in [-0.39, 0.29) is 5.78 Å². The summed E-state index contributed by atoms with van der Waals surface area (Å²) < 4.78 is 0. The number of nitrogens with two attached hydrogens (primary N) is 1. The first-order chi connectivity index (χ1) is 8.95. The van der Waals surface area contributed by atoms with E-state index in [1.807, 2.05) is 26.0 Å². The van der Waals surface area contributed by atoms with Crippen molar-refractivity contribution in [2.75, 3.05) is 5.73 Å². The Hall–Kier alpha value is -1.88. The number of hydrogen-bond acceptors (Lipinski definition) is 5. The van der Waals surface area contributed by atoms with Gasteiger partial charge < -0.3 is 5.73 Å². The highest BCUT2D eigenvalue weighted by molar-refractivity contribution is 7.99. The Balaban J connectivity index is 2.33. The highest BCUT2D eigenvalue weighted by atomic mass is 32.2. The molecule has 1 aromatic heterocycles. The number of aryl methyl sites for hydroxylation is 2. The second-order valence-electron chi connectivity index (χ2n) is 4.34. The van der Waals surface area contributed by atoms with Crippen LogP contribution >= 0.6 is 11.8 Å². The first-order valence-corrected chi connectivity index (χ1v) is 6.68. The van der Waals surface area contributed by atoms with E-state index in [0.717, 1.165) is 16.3 Å². The van der Waals surface area contributed by atoms with Crippen LogP contribution in [-0.2, 0) is 0 Å². The molecule has 0 aliphatic carbocycles. The first kappa shape index (κ1) is 13.5. The van der Waals surface area contributed by atoms with E-state index >= 15 is 0 Å². The number of carbonyl (C=O) groups is 1. The van der Waals surface area contributed by atoms with Crippen molar-refractivity contribution in [3.05, 3.63) is 41.2 Å². The predicted molar refractivity (Wildman–Crippen MR) is 76.5 cm³/mol. The molecule has 2 aromatic rings. The zero-order valence-electron chi connectivity index (χ0n) is 11.1. The first-order valence-electron chi connectivity index (χ1n) is 5.86. The molecule has 5 heteroatoms. The Labute approximate surface area is 116 Å². The van der Waals surface area contributed by atoms with Crippen LogP contribution in [0.5, 0.6) is 0 Å². The van der Waals surface area contributed by atoms with Crippen molar-refractivity contribution in [2.24, 2.45) is 0 Å². The summed E-state index contributed by atoms with van der Waals surface area (Å²) in [5.74, 6) is -0.0405. The van der Waals surface area contributed by atoms with Crippen LogP contribution < -0.4 is 5.73 Å². The molecule has 1 aromatic carbocycles. The van der Waals surface area contributed by atoms with Crippen molar-refractivity contribution in [1.29, 1.82) is 0 Å². The maximum atomic E-state index is 11.5. The third kappa shape index (κ3) is 3.32. The molecule has 0 unspecified atom stereocenters. The molecule has 0 fully saturated rings. The van der Waals surface area contributed by atoms with E-state index in [4.69, 9.17) is 5.73 Å². The lowest BCUT2D eigenvalue weighted by Crippen LogP contribution is -1.99. The van der Waals surface area contributed by atoms with E-state index in [1.165, 1.54) is 18.7 Å². The van der Waals surface area contributed by atoms with Crippen LogP contribution in [-0.4, -0.2) is 15.8 Å². The van der Waals surface area contributed by atoms with Crippen LogP contribution in [0.1, 0.15) is 28.7 Å². The fourth-order valence-electron chi connectivity index (χ4n) is 1.75. The molecule has 4 nitrogen and oxygen atoms in total. The van der Waals surface area contributed by atoms with Crippen molar-refractivity contribution >= 4 is 23.2 Å². The Morgan fingerprint density at radius 1 is 1.16 bits per heavy atom. The quantitative estimate of drug-likeness (QED) is 0.529. The van der Waals surface area contributed by atoms with Gasteiger partial charge in [-0.25, -0.2) is 9.97 Å². The SMILES string of the molecule is CC(=O)c1cc(Sc2nc(C)cc(C)n2)ccc1N. The molecular formula is C14H15N3OS. The fourth-order valence-corrected chi connectivity index (χ4v) is 2.65. The van der Waals surface area contributed by atoms with E-state index in [2.05, 4.69) is 9.97 Å². The Morgan fingerprint density at radius 2 is 1.79 bits per heavy atom. The normalized spacial score (nSPS) is 10.5. The fraction of sp³-hybridized carbons (Fsp3) is 0.214. The minimum atomic E-state index is -0.0405. The van der Waals surface area contributed by atoms with Gasteiger partial charge in [-0.2, -0.15) is 0 Å². The van der Waals surface area contributed by atoms with Crippen LogP contribution in [0.25, 0.3) is 0 Å². The summed E-state index contributed by atoms with van der Waals surface area (Å²) in [6.45, 7) is 5.37. The summed E-state index contributed by atoms with van der Waals surface area (Å²) in [6, 6.07) is 7.31. The number of nitrogen functional groups attached to an aromatic ring is 1. The number of Topliss-reactive ketones (excluding diaryl/α,β-unsaturated/α-hetero) is 1. The van der Waals surface area contributed by atoms with Gasteiger partial charge in [0.1, 0.15) is 0 Å². The number of anilines is 1. The monoisotopic (exact) mass is 273 g/mol. The molecule has 2 N–H and O–H groups in total. The number of hydrogen-bond donors (Lipinski definition) is 1. The largest absolute Gasteiger partial charge is 0.398 e. The standard InChI is InChI=1S/C14H15N3OS/c1-8-6-9(2)17-14(16-8)19-11-4-5-13(15)12(7-11)10(3)18/h4-7H,15H2,1-3H3. The molecule has 0 atom stereocenters. The minimum absolute atomic E-state index is 0.0405. The molecule has 0 amide bonds. The molecule has 0 saturated carbocycles. The molecule has 19 heavy (non-hydrogen) atoms. The van der Waals surface area contributed by atoms with Gasteiger partial charge in [0, 0.05) is 27.5 Å². The maximum absolute atomic E-state index is 11.5. The molecular weight excluding hydrogens is 258 g/mol. The second-order valence-corrected chi connectivity index (χ2v) is 5.38. The summed E-state index contributed by atoms with van der Waals surface area (Å²) in [4.78, 5) is 21.1. The molecule has 0 saturated heterocycles. The van der Waals surface area contributed by atoms with Gasteiger partial charge in [-0.1, -0.05) is 0 Å². The molecule has 0 spiro atoms. The van der Waals surface area contributed by atoms with Crippen molar-refractivity contribution in [3.63, 3.8) is 0 Å². The lowest BCUT2D eigenvalue weighted by Gasteiger charge is -2.06. The van der Waals surface area contributed by atoms with Gasteiger partial charge in [-0.05, 0) is 56.8 Å². The third-order valence-electron chi connectivity index (χ3n) is 2.57. The molecule has 0 aliphatic rings. The number of ketones is 1. The number of carbonyl (C=O) groups excluding carboxylic acids is 1. The highest BCUT2D eigenvalue weighted by Crippen LogP contribution is 2.28. The summed E-state index contributed by atoms with van der Waals surface area (Å²) in [6.07, 6.45) is 0. The predicted octanol–water partition coefficient (Wildman–Crippen LogP) is 3.03. The van der Waals surface area contributed by atoms with Gasteiger partial charge in [-0.15, -0.1) is 0 Å². The summed E-state index contributed by atoms with van der Waals surface area (Å²) in [7, 11) is 0. The summed E-state index contributed by atoms with van der Waals surface area (Å²) >= 11 is 1.43. The van der Waals surface area contributed by atoms with Gasteiger partial charge >= 0.3 is 0 Å². The van der Waals surface area contributed by atoms with Crippen molar-refractivity contribution < 1.29 is 4.79 Å². The van der Waals surface area contributed by atoms with Crippen molar-refractivity contribution in [1.82, 2.24) is 9.97 Å².